The molecule has 1 aliphatic heterocycles. The van der Waals surface area contributed by atoms with Crippen molar-refractivity contribution < 1.29 is 14.6 Å². The second kappa shape index (κ2) is 5.67. The number of imidazole rings is 1. The molecular formula is C15H25N3O3. The summed E-state index contributed by atoms with van der Waals surface area (Å²) in [4.78, 5) is 17.8. The van der Waals surface area contributed by atoms with Gasteiger partial charge < -0.3 is 19.3 Å². The number of aromatic nitrogens is 2. The first-order chi connectivity index (χ1) is 9.69. The van der Waals surface area contributed by atoms with Gasteiger partial charge in [0.05, 0.1) is 12.1 Å². The van der Waals surface area contributed by atoms with Crippen LogP contribution in [0.3, 0.4) is 0 Å². The van der Waals surface area contributed by atoms with E-state index < -0.39 is 11.2 Å². The molecule has 118 valence electrons. The van der Waals surface area contributed by atoms with E-state index in [1.807, 2.05) is 38.5 Å². The highest BCUT2D eigenvalue weighted by Crippen LogP contribution is 2.25. The first-order valence-electron chi connectivity index (χ1n) is 7.37. The zero-order valence-electron chi connectivity index (χ0n) is 13.3. The van der Waals surface area contributed by atoms with Crippen LogP contribution in [0.5, 0.6) is 0 Å². The van der Waals surface area contributed by atoms with Gasteiger partial charge in [-0.05, 0) is 40.5 Å². The van der Waals surface area contributed by atoms with E-state index in [9.17, 15) is 9.90 Å². The lowest BCUT2D eigenvalue weighted by Gasteiger charge is -2.38. The molecule has 1 saturated heterocycles. The van der Waals surface area contributed by atoms with E-state index >= 15 is 0 Å². The SMILES string of the molecule is Cc1nccn1CC1(O)CCN(C(=O)OC(C)(C)C)CC1. The third-order valence-corrected chi connectivity index (χ3v) is 3.73. The average molecular weight is 295 g/mol. The topological polar surface area (TPSA) is 67.6 Å². The number of amides is 1. The molecule has 6 heteroatoms. The van der Waals surface area contributed by atoms with Crippen LogP contribution < -0.4 is 0 Å². The first kappa shape index (κ1) is 15.8. The standard InChI is InChI=1S/C15H25N3O3/c1-12-16-7-10-18(12)11-15(20)5-8-17(9-6-15)13(19)21-14(2,3)4/h7,10,20H,5-6,8-9,11H2,1-4H3. The minimum atomic E-state index is -0.788. The van der Waals surface area contributed by atoms with Crippen molar-refractivity contribution in [3.8, 4) is 0 Å². The molecule has 0 spiro atoms. The number of carbonyl (C=O) groups excluding carboxylic acids is 1. The average Bonchev–Trinajstić information content (AvgIpc) is 2.73. The highest BCUT2D eigenvalue weighted by Gasteiger charge is 2.35. The van der Waals surface area contributed by atoms with Crippen molar-refractivity contribution in [1.29, 1.82) is 0 Å². The molecule has 1 aromatic rings. The van der Waals surface area contributed by atoms with Crippen LogP contribution in [0, 0.1) is 6.92 Å². The molecule has 0 bridgehead atoms. The maximum Gasteiger partial charge on any atom is 0.410 e. The summed E-state index contributed by atoms with van der Waals surface area (Å²) in [6, 6.07) is 0. The van der Waals surface area contributed by atoms with Crippen molar-refractivity contribution in [2.24, 2.45) is 0 Å². The quantitative estimate of drug-likeness (QED) is 0.905. The number of carbonyl (C=O) groups is 1. The van der Waals surface area contributed by atoms with Crippen LogP contribution in [-0.2, 0) is 11.3 Å². The molecule has 0 aromatic carbocycles. The molecular weight excluding hydrogens is 270 g/mol. The van der Waals surface area contributed by atoms with Gasteiger partial charge in [0.2, 0.25) is 0 Å². The summed E-state index contributed by atoms with van der Waals surface area (Å²) in [5.74, 6) is 0.887. The highest BCUT2D eigenvalue weighted by atomic mass is 16.6. The van der Waals surface area contributed by atoms with E-state index in [4.69, 9.17) is 4.74 Å². The first-order valence-corrected chi connectivity index (χ1v) is 7.37. The van der Waals surface area contributed by atoms with Gasteiger partial charge in [-0.1, -0.05) is 0 Å². The Hall–Kier alpha value is -1.56. The van der Waals surface area contributed by atoms with E-state index in [1.165, 1.54) is 0 Å². The Kier molecular flexibility index (Phi) is 4.27. The Morgan fingerprint density at radius 3 is 2.52 bits per heavy atom. The van der Waals surface area contributed by atoms with Gasteiger partial charge in [0.15, 0.2) is 0 Å². The molecule has 2 rings (SSSR count). The minimum absolute atomic E-state index is 0.302. The van der Waals surface area contributed by atoms with Crippen molar-refractivity contribution in [2.75, 3.05) is 13.1 Å². The predicted octanol–water partition coefficient (Wildman–Crippen LogP) is 1.95. The van der Waals surface area contributed by atoms with Gasteiger partial charge in [0, 0.05) is 25.5 Å². The fraction of sp³-hybridized carbons (Fsp3) is 0.733. The molecule has 1 amide bonds. The largest absolute Gasteiger partial charge is 0.444 e. The number of ether oxygens (including phenoxy) is 1. The molecule has 1 aliphatic rings. The van der Waals surface area contributed by atoms with Crippen LogP contribution in [0.2, 0.25) is 0 Å². The summed E-state index contributed by atoms with van der Waals surface area (Å²) in [6.07, 6.45) is 4.39. The number of piperidine rings is 1. The maximum absolute atomic E-state index is 12.0. The van der Waals surface area contributed by atoms with Gasteiger partial charge in [-0.15, -0.1) is 0 Å². The molecule has 1 aromatic heterocycles. The fourth-order valence-electron chi connectivity index (χ4n) is 2.48. The molecule has 0 aliphatic carbocycles. The number of nitrogens with zero attached hydrogens (tertiary/aromatic N) is 3. The maximum atomic E-state index is 12.0. The zero-order valence-corrected chi connectivity index (χ0v) is 13.3. The molecule has 0 saturated carbocycles. The number of rotatable bonds is 2. The number of likely N-dealkylation sites (tertiary alicyclic amines) is 1. The van der Waals surface area contributed by atoms with Crippen LogP contribution in [-0.4, -0.2) is 49.9 Å². The van der Waals surface area contributed by atoms with Gasteiger partial charge in [-0.3, -0.25) is 0 Å². The zero-order chi connectivity index (χ0) is 15.7. The van der Waals surface area contributed by atoms with Crippen molar-refractivity contribution in [2.45, 2.75) is 58.3 Å². The van der Waals surface area contributed by atoms with Gasteiger partial charge >= 0.3 is 6.09 Å². The second-order valence-corrected chi connectivity index (χ2v) is 6.79. The molecule has 6 nitrogen and oxygen atoms in total. The summed E-state index contributed by atoms with van der Waals surface area (Å²) in [7, 11) is 0. The Bertz CT molecular complexity index is 497. The van der Waals surface area contributed by atoms with E-state index in [0.29, 0.717) is 32.5 Å². The Balaban J connectivity index is 1.90. The monoisotopic (exact) mass is 295 g/mol. The van der Waals surface area contributed by atoms with E-state index in [0.717, 1.165) is 5.82 Å². The predicted molar refractivity (Wildman–Crippen MR) is 79.0 cm³/mol. The minimum Gasteiger partial charge on any atom is -0.444 e. The summed E-state index contributed by atoms with van der Waals surface area (Å²) >= 11 is 0. The Labute approximate surface area is 125 Å². The second-order valence-electron chi connectivity index (χ2n) is 6.79. The summed E-state index contributed by atoms with van der Waals surface area (Å²) in [6.45, 7) is 9.02. The smallest absolute Gasteiger partial charge is 0.410 e. The van der Waals surface area contributed by atoms with Gasteiger partial charge in [0.25, 0.3) is 0 Å². The van der Waals surface area contributed by atoms with Crippen LogP contribution >= 0.6 is 0 Å². The van der Waals surface area contributed by atoms with Crippen molar-refractivity contribution in [3.63, 3.8) is 0 Å². The number of hydrogen-bond acceptors (Lipinski definition) is 4. The van der Waals surface area contributed by atoms with Crippen LogP contribution in [0.4, 0.5) is 4.79 Å². The Morgan fingerprint density at radius 2 is 2.05 bits per heavy atom. The van der Waals surface area contributed by atoms with Crippen LogP contribution in [0.15, 0.2) is 12.4 Å². The molecule has 1 fully saturated rings. The summed E-state index contributed by atoms with van der Waals surface area (Å²) in [5.41, 5.74) is -1.28. The summed E-state index contributed by atoms with van der Waals surface area (Å²) in [5, 5.41) is 10.7. The highest BCUT2D eigenvalue weighted by molar-refractivity contribution is 5.68. The number of hydrogen-bond donors (Lipinski definition) is 1. The van der Waals surface area contributed by atoms with Crippen molar-refractivity contribution in [3.05, 3.63) is 18.2 Å². The van der Waals surface area contributed by atoms with Crippen LogP contribution in [0.1, 0.15) is 39.4 Å². The third-order valence-electron chi connectivity index (χ3n) is 3.73. The van der Waals surface area contributed by atoms with Gasteiger partial charge in [0.1, 0.15) is 11.4 Å². The number of aliphatic hydroxyl groups is 1. The molecule has 0 radical (unpaired) electrons. The third kappa shape index (κ3) is 4.20. The van der Waals surface area contributed by atoms with Gasteiger partial charge in [-0.2, -0.15) is 0 Å². The van der Waals surface area contributed by atoms with Gasteiger partial charge in [-0.25, -0.2) is 9.78 Å². The van der Waals surface area contributed by atoms with E-state index in [1.54, 1.807) is 11.1 Å². The lowest BCUT2D eigenvalue weighted by Crippen LogP contribution is -2.49. The van der Waals surface area contributed by atoms with Crippen LogP contribution in [0.25, 0.3) is 0 Å². The Morgan fingerprint density at radius 1 is 1.43 bits per heavy atom. The van der Waals surface area contributed by atoms with E-state index in [2.05, 4.69) is 4.98 Å². The lowest BCUT2D eigenvalue weighted by atomic mass is 9.91. The fourth-order valence-corrected chi connectivity index (χ4v) is 2.48. The molecule has 2 heterocycles. The van der Waals surface area contributed by atoms with Crippen molar-refractivity contribution in [1.82, 2.24) is 14.5 Å². The number of aryl methyl sites for hydroxylation is 1. The van der Waals surface area contributed by atoms with Crippen molar-refractivity contribution >= 4 is 6.09 Å². The van der Waals surface area contributed by atoms with E-state index in [-0.39, 0.29) is 6.09 Å². The lowest BCUT2D eigenvalue weighted by molar-refractivity contribution is -0.0417. The molecule has 21 heavy (non-hydrogen) atoms. The molecule has 0 unspecified atom stereocenters. The molecule has 1 N–H and O–H groups in total. The normalized spacial score (nSPS) is 18.6. The summed E-state index contributed by atoms with van der Waals surface area (Å²) < 4.78 is 7.31. The molecule has 0 atom stereocenters.